The monoisotopic (exact) mass is 513 g/mol. The summed E-state index contributed by atoms with van der Waals surface area (Å²) < 4.78 is 84.8. The number of halogens is 6. The zero-order chi connectivity index (χ0) is 26.7. The molecule has 11 heteroatoms. The molecule has 0 saturated heterocycles. The van der Waals surface area contributed by atoms with Crippen molar-refractivity contribution in [1.82, 2.24) is 9.88 Å². The Hall–Kier alpha value is -3.50. The van der Waals surface area contributed by atoms with Gasteiger partial charge in [0.2, 0.25) is 0 Å². The highest BCUT2D eigenvalue weighted by Crippen LogP contribution is 2.37. The van der Waals surface area contributed by atoms with Crippen LogP contribution in [0.4, 0.5) is 37.0 Å². The first-order valence-corrected chi connectivity index (χ1v) is 11.1. The van der Waals surface area contributed by atoms with E-state index < -0.39 is 36.1 Å². The molecule has 2 aromatic carbocycles. The normalized spacial score (nSPS) is 12.0. The van der Waals surface area contributed by atoms with E-state index in [2.05, 4.69) is 0 Å². The topological polar surface area (TPSA) is 45.7 Å². The van der Waals surface area contributed by atoms with Crippen molar-refractivity contribution in [2.45, 2.75) is 39.3 Å². The number of nitrogens with zero attached hydrogens (tertiary/aromatic N) is 3. The largest absolute Gasteiger partial charge is 0.453 e. The fourth-order valence-corrected chi connectivity index (χ4v) is 3.91. The number of fused-ring (bicyclic) bond motifs is 1. The van der Waals surface area contributed by atoms with Crippen LogP contribution in [0.15, 0.2) is 48.5 Å². The molecule has 0 N–H and O–H groups in total. The summed E-state index contributed by atoms with van der Waals surface area (Å²) in [6.45, 7) is 4.34. The summed E-state index contributed by atoms with van der Waals surface area (Å²) in [6, 6.07) is 10.4. The smallest absolute Gasteiger partial charge is 0.416 e. The number of benzene rings is 2. The van der Waals surface area contributed by atoms with Crippen molar-refractivity contribution in [3.8, 4) is 0 Å². The minimum absolute atomic E-state index is 0.0533. The lowest BCUT2D eigenvalue weighted by Crippen LogP contribution is -2.32. The van der Waals surface area contributed by atoms with Gasteiger partial charge >= 0.3 is 18.4 Å². The highest BCUT2D eigenvalue weighted by molar-refractivity contribution is 5.82. The van der Waals surface area contributed by atoms with Crippen molar-refractivity contribution in [2.75, 3.05) is 25.1 Å². The Morgan fingerprint density at radius 3 is 2.00 bits per heavy atom. The minimum Gasteiger partial charge on any atom is -0.453 e. The summed E-state index contributed by atoms with van der Waals surface area (Å²) >= 11 is 0. The van der Waals surface area contributed by atoms with Crippen molar-refractivity contribution in [3.05, 3.63) is 70.8 Å². The number of rotatable bonds is 7. The Morgan fingerprint density at radius 1 is 0.889 bits per heavy atom. The molecule has 0 aliphatic carbocycles. The maximum atomic E-state index is 13.3. The Kier molecular flexibility index (Phi) is 8.00. The molecule has 0 aliphatic heterocycles. The number of anilines is 1. The van der Waals surface area contributed by atoms with Gasteiger partial charge in [-0.15, -0.1) is 0 Å². The van der Waals surface area contributed by atoms with Crippen LogP contribution in [0, 0.1) is 0 Å². The molecule has 0 atom stereocenters. The van der Waals surface area contributed by atoms with Crippen LogP contribution in [0.25, 0.3) is 10.9 Å². The first-order chi connectivity index (χ1) is 16.9. The van der Waals surface area contributed by atoms with Gasteiger partial charge in [0.05, 0.1) is 30.3 Å². The Bertz CT molecular complexity index is 1190. The predicted molar refractivity (Wildman–Crippen MR) is 123 cm³/mol. The number of aromatic nitrogens is 1. The molecule has 3 aromatic rings. The molecule has 3 rings (SSSR count). The predicted octanol–water partition coefficient (Wildman–Crippen LogP) is 6.89. The molecule has 0 saturated carbocycles. The number of pyridine rings is 1. The van der Waals surface area contributed by atoms with Gasteiger partial charge in [0, 0.05) is 30.6 Å². The number of alkyl halides is 6. The fraction of sp³-hybridized carbons (Fsp3) is 0.360. The van der Waals surface area contributed by atoms with E-state index in [1.807, 2.05) is 43.0 Å². The molecular weight excluding hydrogens is 488 g/mol. The van der Waals surface area contributed by atoms with Gasteiger partial charge in [-0.2, -0.15) is 26.3 Å². The molecule has 194 valence electrons. The highest BCUT2D eigenvalue weighted by Gasteiger charge is 2.37. The van der Waals surface area contributed by atoms with E-state index in [0.717, 1.165) is 17.4 Å². The third kappa shape index (κ3) is 6.19. The van der Waals surface area contributed by atoms with Gasteiger partial charge in [-0.25, -0.2) is 9.78 Å². The molecule has 0 radical (unpaired) electrons. The van der Waals surface area contributed by atoms with Gasteiger partial charge < -0.3 is 9.64 Å². The first-order valence-electron chi connectivity index (χ1n) is 11.1. The number of amides is 1. The quantitative estimate of drug-likeness (QED) is 0.323. The molecule has 0 bridgehead atoms. The standard InChI is InChI=1S/C25H25F6N3O2/c1-4-33(5-2)22-18(12-17-8-6-7-9-21(17)32-22)15-34(23(35)36-3)14-16-10-19(24(26,27)28)13-20(11-16)25(29,30)31/h6-13H,4-5,14-15H2,1-3H3. The van der Waals surface area contributed by atoms with Gasteiger partial charge in [-0.1, -0.05) is 18.2 Å². The third-order valence-corrected chi connectivity index (χ3v) is 5.66. The van der Waals surface area contributed by atoms with Gasteiger partial charge in [-0.3, -0.25) is 4.90 Å². The number of hydrogen-bond acceptors (Lipinski definition) is 4. The molecule has 1 amide bonds. The van der Waals surface area contributed by atoms with Gasteiger partial charge in [-0.05, 0) is 49.7 Å². The molecule has 1 heterocycles. The van der Waals surface area contributed by atoms with E-state index in [-0.39, 0.29) is 18.2 Å². The molecule has 0 spiro atoms. The minimum atomic E-state index is -5.00. The van der Waals surface area contributed by atoms with Gasteiger partial charge in [0.1, 0.15) is 5.82 Å². The Labute approximate surface area is 204 Å². The fourth-order valence-electron chi connectivity index (χ4n) is 3.91. The van der Waals surface area contributed by atoms with Crippen LogP contribution in [0.3, 0.4) is 0 Å². The lowest BCUT2D eigenvalue weighted by molar-refractivity contribution is -0.143. The van der Waals surface area contributed by atoms with Crippen molar-refractivity contribution >= 4 is 22.8 Å². The number of para-hydroxylation sites is 1. The maximum Gasteiger partial charge on any atom is 0.416 e. The summed E-state index contributed by atoms with van der Waals surface area (Å²) in [4.78, 5) is 20.3. The average Bonchev–Trinajstić information content (AvgIpc) is 2.82. The van der Waals surface area contributed by atoms with Crippen molar-refractivity contribution in [1.29, 1.82) is 0 Å². The van der Waals surface area contributed by atoms with Crippen LogP contribution in [-0.4, -0.2) is 36.2 Å². The zero-order valence-corrected chi connectivity index (χ0v) is 19.9. The molecule has 0 unspecified atom stereocenters. The molecule has 5 nitrogen and oxygen atoms in total. The van der Waals surface area contributed by atoms with Crippen molar-refractivity contribution in [3.63, 3.8) is 0 Å². The number of methoxy groups -OCH3 is 1. The van der Waals surface area contributed by atoms with E-state index in [9.17, 15) is 31.1 Å². The Balaban J connectivity index is 2.08. The van der Waals surface area contributed by atoms with Crippen molar-refractivity contribution in [2.24, 2.45) is 0 Å². The van der Waals surface area contributed by atoms with Gasteiger partial charge in [0.15, 0.2) is 0 Å². The Morgan fingerprint density at radius 2 is 1.47 bits per heavy atom. The molecule has 36 heavy (non-hydrogen) atoms. The SMILES string of the molecule is CCN(CC)c1nc2ccccc2cc1CN(Cc1cc(C(F)(F)F)cc(C(F)(F)F)c1)C(=O)OC. The van der Waals surface area contributed by atoms with Crippen LogP contribution in [0.1, 0.15) is 36.1 Å². The van der Waals surface area contributed by atoms with Crippen LogP contribution in [0.2, 0.25) is 0 Å². The van der Waals surface area contributed by atoms with E-state index >= 15 is 0 Å². The summed E-state index contributed by atoms with van der Waals surface area (Å²) in [7, 11) is 1.09. The summed E-state index contributed by atoms with van der Waals surface area (Å²) in [5.41, 5.74) is -1.95. The molecule has 0 aliphatic rings. The second kappa shape index (κ2) is 10.6. The zero-order valence-electron chi connectivity index (χ0n) is 19.9. The van der Waals surface area contributed by atoms with Crippen LogP contribution in [0.5, 0.6) is 0 Å². The van der Waals surface area contributed by atoms with Crippen molar-refractivity contribution < 1.29 is 35.9 Å². The maximum absolute atomic E-state index is 13.3. The number of carbonyl (C=O) groups is 1. The van der Waals surface area contributed by atoms with E-state index in [4.69, 9.17) is 9.72 Å². The third-order valence-electron chi connectivity index (χ3n) is 5.66. The number of carbonyl (C=O) groups excluding carboxylic acids is 1. The number of ether oxygens (including phenoxy) is 1. The van der Waals surface area contributed by atoms with Crippen LogP contribution < -0.4 is 4.90 Å². The lowest BCUT2D eigenvalue weighted by Gasteiger charge is -2.27. The highest BCUT2D eigenvalue weighted by atomic mass is 19.4. The molecular formula is C25H25F6N3O2. The molecule has 0 fully saturated rings. The van der Waals surface area contributed by atoms with Crippen LogP contribution >= 0.6 is 0 Å². The lowest BCUT2D eigenvalue weighted by atomic mass is 10.0. The summed E-state index contributed by atoms with van der Waals surface area (Å²) in [6.07, 6.45) is -10.9. The van der Waals surface area contributed by atoms with Crippen LogP contribution in [-0.2, 0) is 30.2 Å². The summed E-state index contributed by atoms with van der Waals surface area (Å²) in [5.74, 6) is 0.563. The summed E-state index contributed by atoms with van der Waals surface area (Å²) in [5, 5.41) is 0.770. The second-order valence-electron chi connectivity index (χ2n) is 8.08. The second-order valence-corrected chi connectivity index (χ2v) is 8.08. The first kappa shape index (κ1) is 27.1. The van der Waals surface area contributed by atoms with E-state index in [1.54, 1.807) is 6.07 Å². The molecule has 1 aromatic heterocycles. The number of hydrogen-bond donors (Lipinski definition) is 0. The average molecular weight is 513 g/mol. The van der Waals surface area contributed by atoms with E-state index in [1.165, 1.54) is 0 Å². The van der Waals surface area contributed by atoms with Gasteiger partial charge in [0.25, 0.3) is 0 Å². The van der Waals surface area contributed by atoms with E-state index in [0.29, 0.717) is 42.1 Å².